The van der Waals surface area contributed by atoms with Gasteiger partial charge in [0.05, 0.1) is 5.39 Å². The van der Waals surface area contributed by atoms with Crippen LogP contribution in [0, 0.1) is 6.92 Å². The van der Waals surface area contributed by atoms with Gasteiger partial charge in [0.1, 0.15) is 23.0 Å². The summed E-state index contributed by atoms with van der Waals surface area (Å²) in [4.78, 5) is 36.9. The standard InChI is InChI=1S/C22H27NO6/c1-12-10-16(27-19(24)13(2)23-21(26)29-22(3,4)5)18-14-8-6-7-9-15(14)20(25)28-17(18)11-12/h10-11,13H,6-9H2,1-5H3,(H,23,26)/t13-/m0/s1. The van der Waals surface area contributed by atoms with Crippen molar-refractivity contribution >= 4 is 23.0 Å². The van der Waals surface area contributed by atoms with Gasteiger partial charge >= 0.3 is 17.7 Å². The van der Waals surface area contributed by atoms with Crippen molar-refractivity contribution in [2.45, 2.75) is 71.9 Å². The fraction of sp³-hybridized carbons (Fsp3) is 0.500. The Balaban J connectivity index is 1.90. The molecule has 0 saturated carbocycles. The normalized spacial score (nSPS) is 14.8. The highest BCUT2D eigenvalue weighted by Crippen LogP contribution is 2.34. The van der Waals surface area contributed by atoms with Gasteiger partial charge in [-0.15, -0.1) is 0 Å². The first-order valence-corrected chi connectivity index (χ1v) is 9.85. The van der Waals surface area contributed by atoms with Crippen LogP contribution in [0.15, 0.2) is 21.3 Å². The van der Waals surface area contributed by atoms with E-state index in [2.05, 4.69) is 5.32 Å². The number of carbonyl (C=O) groups is 2. The SMILES string of the molecule is Cc1cc(OC(=O)[C@H](C)NC(=O)OC(C)(C)C)c2c3c(c(=O)oc2c1)CCCC3. The van der Waals surface area contributed by atoms with Gasteiger partial charge in [0.2, 0.25) is 0 Å². The third-order valence-corrected chi connectivity index (χ3v) is 4.73. The number of esters is 1. The van der Waals surface area contributed by atoms with Gasteiger partial charge in [-0.05, 0) is 83.6 Å². The molecule has 0 unspecified atom stereocenters. The zero-order chi connectivity index (χ0) is 21.3. The van der Waals surface area contributed by atoms with Crippen LogP contribution in [0.1, 0.15) is 57.2 Å². The number of nitrogens with one attached hydrogen (secondary N) is 1. The van der Waals surface area contributed by atoms with Crippen molar-refractivity contribution in [3.63, 3.8) is 0 Å². The van der Waals surface area contributed by atoms with Crippen LogP contribution in [0.3, 0.4) is 0 Å². The molecule has 3 rings (SSSR count). The van der Waals surface area contributed by atoms with E-state index in [9.17, 15) is 14.4 Å². The van der Waals surface area contributed by atoms with Crippen molar-refractivity contribution in [3.8, 4) is 5.75 Å². The molecule has 1 aromatic carbocycles. The molecule has 7 nitrogen and oxygen atoms in total. The molecule has 7 heteroatoms. The number of fused-ring (bicyclic) bond motifs is 3. The van der Waals surface area contributed by atoms with Crippen molar-refractivity contribution in [2.75, 3.05) is 0 Å². The largest absolute Gasteiger partial charge is 0.444 e. The lowest BCUT2D eigenvalue weighted by atomic mass is 9.90. The number of ether oxygens (including phenoxy) is 2. The molecule has 0 spiro atoms. The maximum absolute atomic E-state index is 12.6. The molecule has 1 aromatic heterocycles. The summed E-state index contributed by atoms with van der Waals surface area (Å²) in [6.45, 7) is 8.58. The van der Waals surface area contributed by atoms with Gasteiger partial charge in [-0.2, -0.15) is 0 Å². The number of alkyl carbamates (subject to hydrolysis) is 1. The van der Waals surface area contributed by atoms with Gasteiger partial charge in [-0.3, -0.25) is 0 Å². The highest BCUT2D eigenvalue weighted by molar-refractivity contribution is 5.92. The minimum absolute atomic E-state index is 0.324. The topological polar surface area (TPSA) is 94.8 Å². The zero-order valence-corrected chi connectivity index (χ0v) is 17.5. The molecule has 2 aromatic rings. The van der Waals surface area contributed by atoms with Crippen LogP contribution in [0.5, 0.6) is 5.75 Å². The van der Waals surface area contributed by atoms with E-state index < -0.39 is 23.7 Å². The molecule has 0 bridgehead atoms. The number of rotatable bonds is 3. The second-order valence-corrected chi connectivity index (χ2v) is 8.48. The van der Waals surface area contributed by atoms with Gasteiger partial charge in [-0.25, -0.2) is 14.4 Å². The molecule has 0 radical (unpaired) electrons. The molecule has 0 aliphatic heterocycles. The third kappa shape index (κ3) is 4.78. The Labute approximate surface area is 169 Å². The van der Waals surface area contributed by atoms with Crippen LogP contribution in [0.25, 0.3) is 11.0 Å². The molecular weight excluding hydrogens is 374 g/mol. The summed E-state index contributed by atoms with van der Waals surface area (Å²) in [5.74, 6) is -0.289. The summed E-state index contributed by atoms with van der Waals surface area (Å²) in [5, 5.41) is 3.14. The van der Waals surface area contributed by atoms with Crippen LogP contribution < -0.4 is 15.7 Å². The number of amides is 1. The summed E-state index contributed by atoms with van der Waals surface area (Å²) in [5.41, 5.74) is 1.76. The molecule has 156 valence electrons. The summed E-state index contributed by atoms with van der Waals surface area (Å²) in [6.07, 6.45) is 2.59. The highest BCUT2D eigenvalue weighted by atomic mass is 16.6. The van der Waals surface area contributed by atoms with Crippen molar-refractivity contribution in [2.24, 2.45) is 0 Å². The number of carbonyl (C=O) groups excluding carboxylic acids is 2. The lowest BCUT2D eigenvalue weighted by molar-refractivity contribution is -0.136. The Kier molecular flexibility index (Phi) is 5.68. The molecule has 1 amide bonds. The smallest absolute Gasteiger partial charge is 0.408 e. The van der Waals surface area contributed by atoms with Gasteiger partial charge < -0.3 is 19.2 Å². The zero-order valence-electron chi connectivity index (χ0n) is 17.5. The molecule has 1 aliphatic carbocycles. The fourth-order valence-corrected chi connectivity index (χ4v) is 3.49. The first kappa shape index (κ1) is 20.9. The fourth-order valence-electron chi connectivity index (χ4n) is 3.49. The predicted octanol–water partition coefficient (Wildman–Crippen LogP) is 3.80. The number of benzene rings is 1. The third-order valence-electron chi connectivity index (χ3n) is 4.73. The first-order chi connectivity index (χ1) is 13.5. The first-order valence-electron chi connectivity index (χ1n) is 9.85. The quantitative estimate of drug-likeness (QED) is 0.478. The Hall–Kier alpha value is -2.83. The van der Waals surface area contributed by atoms with Crippen molar-refractivity contribution in [1.82, 2.24) is 5.32 Å². The van der Waals surface area contributed by atoms with E-state index >= 15 is 0 Å². The van der Waals surface area contributed by atoms with Gasteiger partial charge in [0.25, 0.3) is 0 Å². The summed E-state index contributed by atoms with van der Waals surface area (Å²) >= 11 is 0. The van der Waals surface area contributed by atoms with Crippen LogP contribution in [-0.4, -0.2) is 23.7 Å². The molecule has 29 heavy (non-hydrogen) atoms. The molecule has 1 heterocycles. The van der Waals surface area contributed by atoms with E-state index in [0.717, 1.165) is 30.4 Å². The van der Waals surface area contributed by atoms with E-state index in [1.54, 1.807) is 32.9 Å². The van der Waals surface area contributed by atoms with Crippen LogP contribution >= 0.6 is 0 Å². The summed E-state index contributed by atoms with van der Waals surface area (Å²) in [6, 6.07) is 2.60. The molecular formula is C22H27NO6. The Bertz CT molecular complexity index is 1010. The van der Waals surface area contributed by atoms with Crippen molar-refractivity contribution < 1.29 is 23.5 Å². The average Bonchev–Trinajstić information content (AvgIpc) is 2.59. The molecule has 1 aliphatic rings. The monoisotopic (exact) mass is 401 g/mol. The van der Waals surface area contributed by atoms with E-state index in [1.165, 1.54) is 6.92 Å². The average molecular weight is 401 g/mol. The van der Waals surface area contributed by atoms with E-state index in [1.807, 2.05) is 6.92 Å². The lowest BCUT2D eigenvalue weighted by Crippen LogP contribution is -2.43. The van der Waals surface area contributed by atoms with Crippen molar-refractivity contribution in [3.05, 3.63) is 39.2 Å². The molecule has 0 fully saturated rings. The Morgan fingerprint density at radius 3 is 2.45 bits per heavy atom. The second-order valence-electron chi connectivity index (χ2n) is 8.48. The number of hydrogen-bond acceptors (Lipinski definition) is 6. The van der Waals surface area contributed by atoms with Gasteiger partial charge in [0, 0.05) is 5.56 Å². The van der Waals surface area contributed by atoms with Crippen LogP contribution in [-0.2, 0) is 22.4 Å². The van der Waals surface area contributed by atoms with Crippen LogP contribution in [0.4, 0.5) is 4.79 Å². The molecule has 1 N–H and O–H groups in total. The maximum Gasteiger partial charge on any atom is 0.408 e. The highest BCUT2D eigenvalue weighted by Gasteiger charge is 2.25. The summed E-state index contributed by atoms with van der Waals surface area (Å²) in [7, 11) is 0. The summed E-state index contributed by atoms with van der Waals surface area (Å²) < 4.78 is 16.3. The van der Waals surface area contributed by atoms with E-state index in [0.29, 0.717) is 28.7 Å². The predicted molar refractivity (Wildman–Crippen MR) is 108 cm³/mol. The molecule has 0 saturated heterocycles. The van der Waals surface area contributed by atoms with Gasteiger partial charge in [0.15, 0.2) is 0 Å². The minimum atomic E-state index is -0.910. The lowest BCUT2D eigenvalue weighted by Gasteiger charge is -2.22. The Morgan fingerprint density at radius 1 is 1.14 bits per heavy atom. The van der Waals surface area contributed by atoms with Gasteiger partial charge in [-0.1, -0.05) is 0 Å². The van der Waals surface area contributed by atoms with E-state index in [4.69, 9.17) is 13.9 Å². The second kappa shape index (κ2) is 7.89. The van der Waals surface area contributed by atoms with Crippen molar-refractivity contribution in [1.29, 1.82) is 0 Å². The molecule has 1 atom stereocenters. The minimum Gasteiger partial charge on any atom is -0.444 e. The Morgan fingerprint density at radius 2 is 1.79 bits per heavy atom. The van der Waals surface area contributed by atoms with Crippen LogP contribution in [0.2, 0.25) is 0 Å². The number of aryl methyl sites for hydroxylation is 2. The van der Waals surface area contributed by atoms with E-state index in [-0.39, 0.29) is 5.63 Å². The number of hydrogen-bond donors (Lipinski definition) is 1. The maximum atomic E-state index is 12.6.